The van der Waals surface area contributed by atoms with Gasteiger partial charge in [-0.15, -0.1) is 0 Å². The maximum absolute atomic E-state index is 10.4. The van der Waals surface area contributed by atoms with Gasteiger partial charge in [-0.1, -0.05) is 11.6 Å². The average molecular weight is 175 g/mol. The maximum Gasteiger partial charge on any atom is 0.328 e. The summed E-state index contributed by atoms with van der Waals surface area (Å²) in [5, 5.41) is 12.7. The number of carboxylic acid groups (broad SMARTS) is 1. The smallest absolute Gasteiger partial charge is 0.328 e. The predicted octanol–water partition coefficient (Wildman–Crippen LogP) is 1.18. The Morgan fingerprint density at radius 1 is 1.91 bits per heavy atom. The van der Waals surface area contributed by atoms with E-state index < -0.39 is 12.0 Å². The van der Waals surface area contributed by atoms with E-state index in [0.29, 0.717) is 5.02 Å². The van der Waals surface area contributed by atoms with E-state index in [9.17, 15) is 4.79 Å². The van der Waals surface area contributed by atoms with Gasteiger partial charge in [0.15, 0.2) is 0 Å². The fourth-order valence-electron chi connectivity index (χ4n) is 0.640. The molecular weight excluding hydrogens is 168 g/mol. The zero-order chi connectivity index (χ0) is 8.43. The van der Waals surface area contributed by atoms with Crippen LogP contribution in [0.25, 0.3) is 0 Å². The third-order valence-corrected chi connectivity index (χ3v) is 1.52. The van der Waals surface area contributed by atoms with Gasteiger partial charge in [-0.3, -0.25) is 4.68 Å². The van der Waals surface area contributed by atoms with Crippen molar-refractivity contribution in [3.05, 3.63) is 17.4 Å². The summed E-state index contributed by atoms with van der Waals surface area (Å²) in [6, 6.07) is -0.664. The summed E-state index contributed by atoms with van der Waals surface area (Å²) in [7, 11) is 0. The summed E-state index contributed by atoms with van der Waals surface area (Å²) in [5.41, 5.74) is 0. The zero-order valence-electron chi connectivity index (χ0n) is 5.86. The normalized spacial score (nSPS) is 12.9. The van der Waals surface area contributed by atoms with Gasteiger partial charge in [0, 0.05) is 6.20 Å². The number of rotatable bonds is 2. The highest BCUT2D eigenvalue weighted by atomic mass is 35.5. The molecule has 1 aromatic heterocycles. The van der Waals surface area contributed by atoms with Crippen LogP contribution in [0.2, 0.25) is 5.02 Å². The van der Waals surface area contributed by atoms with E-state index >= 15 is 0 Å². The van der Waals surface area contributed by atoms with Crippen LogP contribution in [0.1, 0.15) is 13.0 Å². The molecule has 0 bridgehead atoms. The summed E-state index contributed by atoms with van der Waals surface area (Å²) < 4.78 is 1.30. The molecule has 0 spiro atoms. The van der Waals surface area contributed by atoms with Crippen molar-refractivity contribution in [3.63, 3.8) is 0 Å². The molecule has 0 aromatic carbocycles. The van der Waals surface area contributed by atoms with E-state index in [1.165, 1.54) is 24.0 Å². The number of halogens is 1. The molecule has 0 radical (unpaired) electrons. The molecule has 0 saturated heterocycles. The van der Waals surface area contributed by atoms with E-state index in [-0.39, 0.29) is 0 Å². The summed E-state index contributed by atoms with van der Waals surface area (Å²) in [5.74, 6) is -0.926. The summed E-state index contributed by atoms with van der Waals surface area (Å²) >= 11 is 5.53. The van der Waals surface area contributed by atoms with Crippen LogP contribution < -0.4 is 0 Å². The Morgan fingerprint density at radius 2 is 2.55 bits per heavy atom. The van der Waals surface area contributed by atoms with Crippen LogP contribution in [0.15, 0.2) is 12.4 Å². The van der Waals surface area contributed by atoms with Crippen LogP contribution >= 0.6 is 11.6 Å². The van der Waals surface area contributed by atoms with Crippen molar-refractivity contribution in [3.8, 4) is 0 Å². The standard InChI is InChI=1S/C6H7ClN2O2/c1-4(6(10)11)9-3-5(7)2-8-9/h2-4H,1H3,(H,10,11)/t4-/m0/s1. The van der Waals surface area contributed by atoms with Crippen molar-refractivity contribution in [2.75, 3.05) is 0 Å². The Labute approximate surface area is 68.4 Å². The van der Waals surface area contributed by atoms with Gasteiger partial charge in [0.25, 0.3) is 0 Å². The number of hydrogen-bond acceptors (Lipinski definition) is 2. The van der Waals surface area contributed by atoms with Crippen molar-refractivity contribution < 1.29 is 9.90 Å². The van der Waals surface area contributed by atoms with Gasteiger partial charge in [0.2, 0.25) is 0 Å². The predicted molar refractivity (Wildman–Crippen MR) is 39.6 cm³/mol. The van der Waals surface area contributed by atoms with E-state index in [2.05, 4.69) is 5.10 Å². The Balaban J connectivity index is 2.84. The van der Waals surface area contributed by atoms with Crippen molar-refractivity contribution in [2.45, 2.75) is 13.0 Å². The molecule has 5 heteroatoms. The molecule has 1 aromatic rings. The Morgan fingerprint density at radius 3 is 2.91 bits per heavy atom. The molecule has 0 unspecified atom stereocenters. The highest BCUT2D eigenvalue weighted by molar-refractivity contribution is 6.30. The monoisotopic (exact) mass is 174 g/mol. The number of hydrogen-bond donors (Lipinski definition) is 1. The number of nitrogens with zero attached hydrogens (tertiary/aromatic N) is 2. The van der Waals surface area contributed by atoms with Crippen LogP contribution in [-0.2, 0) is 4.79 Å². The van der Waals surface area contributed by atoms with Gasteiger partial charge in [0.1, 0.15) is 6.04 Å². The minimum absolute atomic E-state index is 0.443. The maximum atomic E-state index is 10.4. The lowest BCUT2D eigenvalue weighted by atomic mass is 10.4. The minimum Gasteiger partial charge on any atom is -0.480 e. The zero-order valence-corrected chi connectivity index (χ0v) is 6.62. The molecule has 1 atom stereocenters. The molecule has 4 nitrogen and oxygen atoms in total. The highest BCUT2D eigenvalue weighted by Gasteiger charge is 2.13. The lowest BCUT2D eigenvalue weighted by Gasteiger charge is -2.04. The topological polar surface area (TPSA) is 55.1 Å². The van der Waals surface area contributed by atoms with E-state index in [4.69, 9.17) is 16.7 Å². The Hall–Kier alpha value is -1.03. The van der Waals surface area contributed by atoms with Crippen molar-refractivity contribution >= 4 is 17.6 Å². The van der Waals surface area contributed by atoms with Crippen molar-refractivity contribution in [1.29, 1.82) is 0 Å². The fourth-order valence-corrected chi connectivity index (χ4v) is 0.783. The SMILES string of the molecule is C[C@@H](C(=O)O)n1cc(Cl)cn1. The summed E-state index contributed by atoms with van der Waals surface area (Å²) in [6.45, 7) is 1.53. The first kappa shape index (κ1) is 8.07. The van der Waals surface area contributed by atoms with Crippen molar-refractivity contribution in [1.82, 2.24) is 9.78 Å². The van der Waals surface area contributed by atoms with Crippen LogP contribution in [0, 0.1) is 0 Å². The third kappa shape index (κ3) is 1.71. The highest BCUT2D eigenvalue weighted by Crippen LogP contribution is 2.10. The largest absolute Gasteiger partial charge is 0.480 e. The second-order valence-electron chi connectivity index (χ2n) is 2.15. The first-order chi connectivity index (χ1) is 5.11. The Kier molecular flexibility index (Phi) is 2.14. The van der Waals surface area contributed by atoms with Crippen LogP contribution in [-0.4, -0.2) is 20.9 Å². The fraction of sp³-hybridized carbons (Fsp3) is 0.333. The molecule has 0 amide bonds. The van der Waals surface area contributed by atoms with Gasteiger partial charge in [-0.05, 0) is 6.92 Å². The van der Waals surface area contributed by atoms with Gasteiger partial charge in [0.05, 0.1) is 11.2 Å². The second kappa shape index (κ2) is 2.92. The molecule has 0 fully saturated rings. The van der Waals surface area contributed by atoms with Gasteiger partial charge >= 0.3 is 5.97 Å². The lowest BCUT2D eigenvalue weighted by Crippen LogP contribution is -2.15. The second-order valence-corrected chi connectivity index (χ2v) is 2.59. The van der Waals surface area contributed by atoms with E-state index in [1.807, 2.05) is 0 Å². The van der Waals surface area contributed by atoms with Crippen LogP contribution in [0.5, 0.6) is 0 Å². The average Bonchev–Trinajstić information content (AvgIpc) is 2.34. The minimum atomic E-state index is -0.926. The first-order valence-corrected chi connectivity index (χ1v) is 3.41. The van der Waals surface area contributed by atoms with Crippen LogP contribution in [0.3, 0.4) is 0 Å². The molecule has 11 heavy (non-hydrogen) atoms. The molecule has 1 rings (SSSR count). The molecule has 1 N–H and O–H groups in total. The van der Waals surface area contributed by atoms with Gasteiger partial charge < -0.3 is 5.11 Å². The number of aliphatic carboxylic acids is 1. The summed E-state index contributed by atoms with van der Waals surface area (Å²) in [4.78, 5) is 10.4. The summed E-state index contributed by atoms with van der Waals surface area (Å²) in [6.07, 6.45) is 2.88. The van der Waals surface area contributed by atoms with Crippen LogP contribution in [0.4, 0.5) is 0 Å². The molecule has 0 aliphatic heterocycles. The van der Waals surface area contributed by atoms with E-state index in [1.54, 1.807) is 0 Å². The molecular formula is C6H7ClN2O2. The number of carbonyl (C=O) groups is 1. The molecule has 1 heterocycles. The lowest BCUT2D eigenvalue weighted by molar-refractivity contribution is -0.140. The Bertz CT molecular complexity index is 271. The molecule has 0 aliphatic carbocycles. The molecule has 0 aliphatic rings. The first-order valence-electron chi connectivity index (χ1n) is 3.03. The molecule has 0 saturated carbocycles. The van der Waals surface area contributed by atoms with E-state index in [0.717, 1.165) is 0 Å². The van der Waals surface area contributed by atoms with Gasteiger partial charge in [-0.2, -0.15) is 5.10 Å². The number of carboxylic acids is 1. The van der Waals surface area contributed by atoms with Gasteiger partial charge in [-0.25, -0.2) is 4.79 Å². The number of aromatic nitrogens is 2. The van der Waals surface area contributed by atoms with Crippen molar-refractivity contribution in [2.24, 2.45) is 0 Å². The quantitative estimate of drug-likeness (QED) is 0.733. The third-order valence-electron chi connectivity index (χ3n) is 1.32. The molecule has 60 valence electrons.